The lowest BCUT2D eigenvalue weighted by Crippen LogP contribution is -2.38. The van der Waals surface area contributed by atoms with Gasteiger partial charge in [0.05, 0.1) is 11.7 Å². The van der Waals surface area contributed by atoms with Gasteiger partial charge in [0.15, 0.2) is 0 Å². The molecule has 6 nitrogen and oxygen atoms in total. The van der Waals surface area contributed by atoms with Crippen LogP contribution in [-0.2, 0) is 20.6 Å². The normalized spacial score (nSPS) is 24.2. The Balaban J connectivity index is 1.58. The maximum atomic E-state index is 12.7. The van der Waals surface area contributed by atoms with E-state index in [1.807, 2.05) is 30.3 Å². The average molecular weight is 401 g/mol. The molecule has 4 rings (SSSR count). The molecule has 1 aliphatic carbocycles. The summed E-state index contributed by atoms with van der Waals surface area (Å²) >= 11 is 0. The summed E-state index contributed by atoms with van der Waals surface area (Å²) in [5.74, 6) is -1.14. The van der Waals surface area contributed by atoms with Crippen LogP contribution in [0.5, 0.6) is 5.75 Å². The Morgan fingerprint density at radius 2 is 1.93 bits per heavy atom. The number of ether oxygens (including phenoxy) is 1. The lowest BCUT2D eigenvalue weighted by molar-refractivity contribution is -0.138. The number of aliphatic carboxylic acids is 1. The van der Waals surface area contributed by atoms with Gasteiger partial charge in [-0.15, -0.1) is 0 Å². The van der Waals surface area contributed by atoms with Gasteiger partial charge in [-0.2, -0.15) is 0 Å². The van der Waals surface area contributed by atoms with E-state index in [0.29, 0.717) is 17.7 Å². The molecule has 2 aromatic carbocycles. The number of nitrogens with one attached hydrogen (secondary N) is 1. The fourth-order valence-electron chi connectivity index (χ4n) is 4.31. The zero-order valence-electron chi connectivity index (χ0n) is 15.5. The van der Waals surface area contributed by atoms with Crippen molar-refractivity contribution in [3.8, 4) is 5.75 Å². The molecule has 0 spiro atoms. The number of carboxylic acids is 1. The van der Waals surface area contributed by atoms with Gasteiger partial charge in [-0.25, -0.2) is 13.1 Å². The predicted molar refractivity (Wildman–Crippen MR) is 105 cm³/mol. The number of sulfonamides is 1. The summed E-state index contributed by atoms with van der Waals surface area (Å²) in [5, 5.41) is 9.37. The van der Waals surface area contributed by atoms with Crippen LogP contribution in [0.4, 0.5) is 0 Å². The molecule has 1 saturated carbocycles. The Kier molecular flexibility index (Phi) is 4.89. The largest absolute Gasteiger partial charge is 0.489 e. The van der Waals surface area contributed by atoms with Crippen LogP contribution in [0, 0.1) is 0 Å². The fourth-order valence-corrected chi connectivity index (χ4v) is 5.75. The maximum absolute atomic E-state index is 12.7. The van der Waals surface area contributed by atoms with Crippen molar-refractivity contribution in [3.63, 3.8) is 0 Å². The fraction of sp³-hybridized carbons (Fsp3) is 0.381. The molecule has 2 N–H and O–H groups in total. The molecular weight excluding hydrogens is 378 g/mol. The Morgan fingerprint density at radius 1 is 1.18 bits per heavy atom. The van der Waals surface area contributed by atoms with Crippen LogP contribution in [-0.4, -0.2) is 31.6 Å². The second kappa shape index (κ2) is 7.22. The molecule has 2 aromatic rings. The zero-order chi connectivity index (χ0) is 19.9. The third-order valence-corrected chi connectivity index (χ3v) is 7.04. The molecule has 4 atom stereocenters. The van der Waals surface area contributed by atoms with Gasteiger partial charge < -0.3 is 9.84 Å². The van der Waals surface area contributed by atoms with Crippen LogP contribution in [0.15, 0.2) is 48.5 Å². The molecule has 28 heavy (non-hydrogen) atoms. The van der Waals surface area contributed by atoms with Gasteiger partial charge in [0.25, 0.3) is 0 Å². The lowest BCUT2D eigenvalue weighted by Gasteiger charge is -2.20. The van der Waals surface area contributed by atoms with Crippen molar-refractivity contribution in [3.05, 3.63) is 65.2 Å². The molecule has 0 bridgehead atoms. The van der Waals surface area contributed by atoms with Gasteiger partial charge in [0, 0.05) is 23.1 Å². The minimum Gasteiger partial charge on any atom is -0.489 e. The third-order valence-electron chi connectivity index (χ3n) is 5.67. The average Bonchev–Trinajstić information content (AvgIpc) is 3.21. The van der Waals surface area contributed by atoms with Crippen LogP contribution in [0.25, 0.3) is 0 Å². The molecule has 1 aliphatic heterocycles. The summed E-state index contributed by atoms with van der Waals surface area (Å²) < 4.78 is 34.3. The van der Waals surface area contributed by atoms with E-state index in [1.165, 1.54) is 0 Å². The minimum atomic E-state index is -3.50. The monoisotopic (exact) mass is 401 g/mol. The molecule has 0 aromatic heterocycles. The summed E-state index contributed by atoms with van der Waals surface area (Å²) in [6, 6.07) is 14.4. The van der Waals surface area contributed by atoms with E-state index in [-0.39, 0.29) is 23.8 Å². The number of fused-ring (bicyclic) bond motifs is 3. The number of rotatable bonds is 6. The van der Waals surface area contributed by atoms with Crippen molar-refractivity contribution >= 4 is 16.0 Å². The van der Waals surface area contributed by atoms with E-state index in [4.69, 9.17) is 4.74 Å². The molecule has 0 amide bonds. The standard InChI is InChI=1S/C21H23NO5S/c1-13(21(23)24)15-8-5-9-16-19-17(10-11-18(19)27-20(15)16)22-28(25,26)12-14-6-3-2-4-7-14/h2-9,13,17-19,22H,10-12H2,1H3,(H,23,24). The second-order valence-corrected chi connectivity index (χ2v) is 9.31. The summed E-state index contributed by atoms with van der Waals surface area (Å²) in [4.78, 5) is 11.4. The smallest absolute Gasteiger partial charge is 0.310 e. The molecule has 1 fully saturated rings. The Labute approximate surface area is 164 Å². The summed E-state index contributed by atoms with van der Waals surface area (Å²) in [5.41, 5.74) is 2.29. The van der Waals surface area contributed by atoms with Crippen LogP contribution in [0.3, 0.4) is 0 Å². The zero-order valence-corrected chi connectivity index (χ0v) is 16.4. The van der Waals surface area contributed by atoms with Crippen molar-refractivity contribution in [2.24, 2.45) is 0 Å². The minimum absolute atomic E-state index is 0.0640. The molecule has 0 radical (unpaired) electrons. The first kappa shape index (κ1) is 19.0. The summed E-state index contributed by atoms with van der Waals surface area (Å²) in [6.07, 6.45) is 1.31. The number of carbonyl (C=O) groups is 1. The first-order valence-electron chi connectivity index (χ1n) is 9.42. The number of para-hydroxylation sites is 1. The Bertz CT molecular complexity index is 989. The summed E-state index contributed by atoms with van der Waals surface area (Å²) in [7, 11) is -3.50. The second-order valence-electron chi connectivity index (χ2n) is 7.55. The van der Waals surface area contributed by atoms with Gasteiger partial charge in [0.2, 0.25) is 10.0 Å². The summed E-state index contributed by atoms with van der Waals surface area (Å²) in [6.45, 7) is 1.63. The molecule has 148 valence electrons. The topological polar surface area (TPSA) is 92.7 Å². The molecule has 2 aliphatic rings. The van der Waals surface area contributed by atoms with Crippen LogP contribution >= 0.6 is 0 Å². The molecule has 0 saturated heterocycles. The van der Waals surface area contributed by atoms with Crippen LogP contribution in [0.1, 0.15) is 48.3 Å². The van der Waals surface area contributed by atoms with Crippen molar-refractivity contribution in [2.75, 3.05) is 0 Å². The molecular formula is C21H23NO5S. The van der Waals surface area contributed by atoms with Gasteiger partial charge in [-0.1, -0.05) is 48.5 Å². The van der Waals surface area contributed by atoms with E-state index in [9.17, 15) is 18.3 Å². The quantitative estimate of drug-likeness (QED) is 0.776. The maximum Gasteiger partial charge on any atom is 0.310 e. The SMILES string of the molecule is CC(C(=O)O)c1cccc2c1OC1CCC(NS(=O)(=O)Cc3ccccc3)C21. The third kappa shape index (κ3) is 3.52. The molecule has 1 heterocycles. The van der Waals surface area contributed by atoms with Gasteiger partial charge in [-0.3, -0.25) is 4.79 Å². The van der Waals surface area contributed by atoms with Gasteiger partial charge >= 0.3 is 5.97 Å². The lowest BCUT2D eigenvalue weighted by atomic mass is 9.90. The van der Waals surface area contributed by atoms with E-state index in [0.717, 1.165) is 17.5 Å². The molecule has 4 unspecified atom stereocenters. The van der Waals surface area contributed by atoms with E-state index in [1.54, 1.807) is 25.1 Å². The Morgan fingerprint density at radius 3 is 2.64 bits per heavy atom. The van der Waals surface area contributed by atoms with Crippen LogP contribution in [0.2, 0.25) is 0 Å². The van der Waals surface area contributed by atoms with Crippen molar-refractivity contribution in [1.29, 1.82) is 0 Å². The highest BCUT2D eigenvalue weighted by atomic mass is 32.2. The van der Waals surface area contributed by atoms with E-state index < -0.39 is 21.9 Å². The highest BCUT2D eigenvalue weighted by Crippen LogP contribution is 2.49. The van der Waals surface area contributed by atoms with E-state index >= 15 is 0 Å². The van der Waals surface area contributed by atoms with Gasteiger partial charge in [-0.05, 0) is 25.3 Å². The first-order valence-corrected chi connectivity index (χ1v) is 11.1. The first-order chi connectivity index (χ1) is 13.4. The highest BCUT2D eigenvalue weighted by molar-refractivity contribution is 7.88. The number of carboxylic acid groups (broad SMARTS) is 1. The van der Waals surface area contributed by atoms with Gasteiger partial charge in [0.1, 0.15) is 11.9 Å². The van der Waals surface area contributed by atoms with Crippen molar-refractivity contribution < 1.29 is 23.1 Å². The molecule has 7 heteroatoms. The Hall–Kier alpha value is -2.38. The number of hydrogen-bond acceptors (Lipinski definition) is 4. The van der Waals surface area contributed by atoms with Crippen molar-refractivity contribution in [2.45, 2.75) is 49.5 Å². The number of hydrogen-bond donors (Lipinski definition) is 2. The van der Waals surface area contributed by atoms with E-state index in [2.05, 4.69) is 4.72 Å². The van der Waals surface area contributed by atoms with Crippen molar-refractivity contribution in [1.82, 2.24) is 4.72 Å². The van der Waals surface area contributed by atoms with Crippen LogP contribution < -0.4 is 9.46 Å². The number of benzene rings is 2. The predicted octanol–water partition coefficient (Wildman–Crippen LogP) is 3.00. The highest BCUT2D eigenvalue weighted by Gasteiger charge is 2.47.